The minimum atomic E-state index is -4.00. The van der Waals surface area contributed by atoms with Gasteiger partial charge in [0.25, 0.3) is 10.0 Å². The zero-order chi connectivity index (χ0) is 20.6. The molecule has 10 heteroatoms. The Balaban J connectivity index is 1.64. The van der Waals surface area contributed by atoms with Gasteiger partial charge in [0.05, 0.1) is 23.6 Å². The van der Waals surface area contributed by atoms with Gasteiger partial charge in [-0.15, -0.1) is 11.3 Å². The van der Waals surface area contributed by atoms with Crippen molar-refractivity contribution in [2.24, 2.45) is 0 Å². The molecule has 8 nitrogen and oxygen atoms in total. The zero-order valence-electron chi connectivity index (χ0n) is 15.3. The van der Waals surface area contributed by atoms with Crippen LogP contribution in [0.5, 0.6) is 0 Å². The smallest absolute Gasteiger partial charge is 0.306 e. The molecular formula is C19H16N4O4S2. The van der Waals surface area contributed by atoms with Gasteiger partial charge in [-0.05, 0) is 24.3 Å². The second-order valence-corrected chi connectivity index (χ2v) is 8.92. The highest BCUT2D eigenvalue weighted by molar-refractivity contribution is 7.90. The van der Waals surface area contributed by atoms with Gasteiger partial charge in [0.1, 0.15) is 4.90 Å². The lowest BCUT2D eigenvalue weighted by Crippen LogP contribution is -2.43. The van der Waals surface area contributed by atoms with E-state index in [1.54, 1.807) is 29.6 Å². The molecule has 4 rings (SSSR count). The Kier molecular flexibility index (Phi) is 4.81. The SMILES string of the molecule is CC(=O)N(c1ccccc1)c1nc(CN2C(=O)Nc3ccccc3S2(=O)=O)cs1. The minimum Gasteiger partial charge on any atom is -0.306 e. The first kappa shape index (κ1) is 19.1. The summed E-state index contributed by atoms with van der Waals surface area (Å²) >= 11 is 1.20. The van der Waals surface area contributed by atoms with Gasteiger partial charge in [-0.3, -0.25) is 9.69 Å². The average Bonchev–Trinajstić information content (AvgIpc) is 3.14. The number of nitrogens with one attached hydrogen (secondary N) is 1. The summed E-state index contributed by atoms with van der Waals surface area (Å²) in [6, 6.07) is 14.5. The Morgan fingerprint density at radius 2 is 1.83 bits per heavy atom. The normalized spacial score (nSPS) is 14.8. The van der Waals surface area contributed by atoms with Gasteiger partial charge in [-0.2, -0.15) is 0 Å². The lowest BCUT2D eigenvalue weighted by atomic mass is 10.3. The van der Waals surface area contributed by atoms with Crippen molar-refractivity contribution >= 4 is 49.8 Å². The second-order valence-electron chi connectivity index (χ2n) is 6.25. The van der Waals surface area contributed by atoms with Crippen LogP contribution in [0.3, 0.4) is 0 Å². The molecular weight excluding hydrogens is 412 g/mol. The number of urea groups is 1. The van der Waals surface area contributed by atoms with E-state index in [0.29, 0.717) is 16.5 Å². The molecule has 3 aromatic rings. The van der Waals surface area contributed by atoms with Crippen LogP contribution in [-0.2, 0) is 21.4 Å². The Morgan fingerprint density at radius 1 is 1.14 bits per heavy atom. The number of hydrogen-bond donors (Lipinski definition) is 1. The molecule has 1 N–H and O–H groups in total. The van der Waals surface area contributed by atoms with E-state index in [-0.39, 0.29) is 23.0 Å². The molecule has 1 aliphatic heterocycles. The number of amides is 3. The van der Waals surface area contributed by atoms with Crippen molar-refractivity contribution in [3.63, 3.8) is 0 Å². The van der Waals surface area contributed by atoms with Gasteiger partial charge in [0.15, 0.2) is 5.13 Å². The number of carbonyl (C=O) groups excluding carboxylic acids is 2. The number of thiazole rings is 1. The van der Waals surface area contributed by atoms with E-state index >= 15 is 0 Å². The molecule has 29 heavy (non-hydrogen) atoms. The molecule has 0 spiro atoms. The monoisotopic (exact) mass is 428 g/mol. The number of sulfonamides is 1. The van der Waals surface area contributed by atoms with Gasteiger partial charge in [0.2, 0.25) is 5.91 Å². The zero-order valence-corrected chi connectivity index (χ0v) is 16.9. The Hall–Kier alpha value is -3.24. The lowest BCUT2D eigenvalue weighted by molar-refractivity contribution is -0.115. The highest BCUT2D eigenvalue weighted by Gasteiger charge is 2.37. The van der Waals surface area contributed by atoms with Gasteiger partial charge >= 0.3 is 6.03 Å². The van der Waals surface area contributed by atoms with Crippen molar-refractivity contribution in [1.29, 1.82) is 0 Å². The summed E-state index contributed by atoms with van der Waals surface area (Å²) in [5.41, 5.74) is 1.27. The van der Waals surface area contributed by atoms with Crippen LogP contribution in [0.4, 0.5) is 21.3 Å². The van der Waals surface area contributed by atoms with E-state index in [1.807, 2.05) is 18.2 Å². The number of rotatable bonds is 4. The van der Waals surface area contributed by atoms with Crippen LogP contribution in [-0.4, -0.2) is 29.6 Å². The molecule has 1 aromatic heterocycles. The minimum absolute atomic E-state index is 0.0321. The number of aromatic nitrogens is 1. The van der Waals surface area contributed by atoms with Gasteiger partial charge < -0.3 is 5.32 Å². The van der Waals surface area contributed by atoms with E-state index in [9.17, 15) is 18.0 Å². The van der Waals surface area contributed by atoms with Crippen molar-refractivity contribution < 1.29 is 18.0 Å². The van der Waals surface area contributed by atoms with Crippen LogP contribution in [0.25, 0.3) is 0 Å². The van der Waals surface area contributed by atoms with Crippen LogP contribution in [0, 0.1) is 0 Å². The number of fused-ring (bicyclic) bond motifs is 1. The Morgan fingerprint density at radius 3 is 2.55 bits per heavy atom. The fraction of sp³-hybridized carbons (Fsp3) is 0.105. The Labute approximate surface area is 171 Å². The third-order valence-corrected chi connectivity index (χ3v) is 6.95. The van der Waals surface area contributed by atoms with Gasteiger partial charge in [-0.1, -0.05) is 30.3 Å². The summed E-state index contributed by atoms with van der Waals surface area (Å²) in [4.78, 5) is 30.4. The standard InChI is InChI=1S/C19H16N4O4S2/c1-13(24)23(15-7-3-2-4-8-15)19-20-14(12-28-19)11-22-18(25)21-16-9-5-6-10-17(16)29(22,26)27/h2-10,12H,11H2,1H3,(H,21,25). The maximum absolute atomic E-state index is 12.9. The van der Waals surface area contributed by atoms with Crippen molar-refractivity contribution in [3.05, 3.63) is 65.7 Å². The topological polar surface area (TPSA) is 99.7 Å². The van der Waals surface area contributed by atoms with E-state index in [0.717, 1.165) is 4.31 Å². The molecule has 2 aromatic carbocycles. The van der Waals surface area contributed by atoms with Gasteiger partial charge in [-0.25, -0.2) is 22.5 Å². The molecule has 0 radical (unpaired) electrons. The number of para-hydroxylation sites is 2. The van der Waals surface area contributed by atoms with E-state index in [2.05, 4.69) is 10.3 Å². The third kappa shape index (κ3) is 3.47. The van der Waals surface area contributed by atoms with Crippen LogP contribution in [0.15, 0.2) is 64.9 Å². The summed E-state index contributed by atoms with van der Waals surface area (Å²) in [6.07, 6.45) is 0. The lowest BCUT2D eigenvalue weighted by Gasteiger charge is -2.28. The maximum Gasteiger partial charge on any atom is 0.336 e. The first-order chi connectivity index (χ1) is 13.9. The molecule has 2 heterocycles. The molecule has 0 unspecified atom stereocenters. The molecule has 0 bridgehead atoms. The highest BCUT2D eigenvalue weighted by Crippen LogP contribution is 2.33. The predicted octanol–water partition coefficient (Wildman–Crippen LogP) is 3.56. The molecule has 0 saturated heterocycles. The maximum atomic E-state index is 12.9. The van der Waals surface area contributed by atoms with Crippen molar-refractivity contribution in [2.75, 3.05) is 10.2 Å². The molecule has 3 amide bonds. The average molecular weight is 428 g/mol. The third-order valence-electron chi connectivity index (χ3n) is 4.29. The van der Waals surface area contributed by atoms with Crippen molar-refractivity contribution in [3.8, 4) is 0 Å². The van der Waals surface area contributed by atoms with Gasteiger partial charge in [0, 0.05) is 12.3 Å². The number of nitrogens with zero attached hydrogens (tertiary/aromatic N) is 3. The number of carbonyl (C=O) groups is 2. The quantitative estimate of drug-likeness (QED) is 0.685. The number of benzene rings is 2. The molecule has 0 saturated carbocycles. The summed E-state index contributed by atoms with van der Waals surface area (Å²) in [7, 11) is -4.00. The van der Waals surface area contributed by atoms with Crippen LogP contribution in [0.2, 0.25) is 0 Å². The summed E-state index contributed by atoms with van der Waals surface area (Å²) < 4.78 is 26.5. The molecule has 0 fully saturated rings. The molecule has 148 valence electrons. The van der Waals surface area contributed by atoms with E-state index in [1.165, 1.54) is 35.3 Å². The fourth-order valence-corrected chi connectivity index (χ4v) is 5.31. The van der Waals surface area contributed by atoms with Crippen LogP contribution < -0.4 is 10.2 Å². The van der Waals surface area contributed by atoms with Crippen molar-refractivity contribution in [1.82, 2.24) is 9.29 Å². The number of hydrogen-bond acceptors (Lipinski definition) is 6. The van der Waals surface area contributed by atoms with Crippen molar-refractivity contribution in [2.45, 2.75) is 18.4 Å². The van der Waals surface area contributed by atoms with Crippen LogP contribution in [0.1, 0.15) is 12.6 Å². The summed E-state index contributed by atoms with van der Waals surface area (Å²) in [5, 5.41) is 4.61. The first-order valence-corrected chi connectivity index (χ1v) is 10.9. The fourth-order valence-electron chi connectivity index (χ4n) is 2.98. The Bertz CT molecular complexity index is 1190. The molecule has 1 aliphatic rings. The molecule has 0 atom stereocenters. The summed E-state index contributed by atoms with van der Waals surface area (Å²) in [6.45, 7) is 1.19. The molecule has 0 aliphatic carbocycles. The van der Waals surface area contributed by atoms with E-state index in [4.69, 9.17) is 0 Å². The largest absolute Gasteiger partial charge is 0.336 e. The van der Waals surface area contributed by atoms with Crippen LogP contribution >= 0.6 is 11.3 Å². The predicted molar refractivity (Wildman–Crippen MR) is 110 cm³/mol. The summed E-state index contributed by atoms with van der Waals surface area (Å²) in [5.74, 6) is -0.227. The second kappa shape index (κ2) is 7.30. The highest BCUT2D eigenvalue weighted by atomic mass is 32.2. The van der Waals surface area contributed by atoms with E-state index < -0.39 is 16.1 Å². The number of anilines is 3. The first-order valence-electron chi connectivity index (χ1n) is 8.61.